The van der Waals surface area contributed by atoms with Gasteiger partial charge in [0.1, 0.15) is 0 Å². The Bertz CT molecular complexity index is 884. The SMILES string of the molecule is Cc1cc(C)n(Cc2cccc(CNC(=O)CCCc3ccccc3)c2)n1. The Balaban J connectivity index is 1.46. The molecule has 0 saturated carbocycles. The third-order valence-corrected chi connectivity index (χ3v) is 4.63. The number of carbonyl (C=O) groups excluding carboxylic acids is 1. The molecule has 1 amide bonds. The standard InChI is InChI=1S/C23H27N3O/c1-18-14-19(2)26(25-18)17-22-12-6-11-21(15-22)16-24-23(27)13-7-10-20-8-4-3-5-9-20/h3-6,8-9,11-12,14-15H,7,10,13,16-17H2,1-2H3,(H,24,27). The molecule has 1 aromatic heterocycles. The highest BCUT2D eigenvalue weighted by atomic mass is 16.1. The summed E-state index contributed by atoms with van der Waals surface area (Å²) in [5, 5.41) is 7.55. The second kappa shape index (κ2) is 9.17. The van der Waals surface area contributed by atoms with Crippen LogP contribution in [0.1, 0.15) is 40.9 Å². The van der Waals surface area contributed by atoms with Crippen molar-refractivity contribution in [2.45, 2.75) is 46.2 Å². The van der Waals surface area contributed by atoms with E-state index in [1.165, 1.54) is 11.1 Å². The number of carbonyl (C=O) groups is 1. The lowest BCUT2D eigenvalue weighted by atomic mass is 10.1. The minimum atomic E-state index is 0.106. The fraction of sp³-hybridized carbons (Fsp3) is 0.304. The summed E-state index contributed by atoms with van der Waals surface area (Å²) in [6, 6.07) is 20.7. The third-order valence-electron chi connectivity index (χ3n) is 4.63. The van der Waals surface area contributed by atoms with E-state index in [-0.39, 0.29) is 5.91 Å². The predicted octanol–water partition coefficient (Wildman–Crippen LogP) is 4.19. The van der Waals surface area contributed by atoms with Gasteiger partial charge in [-0.05, 0) is 49.4 Å². The van der Waals surface area contributed by atoms with E-state index in [9.17, 15) is 4.79 Å². The van der Waals surface area contributed by atoms with E-state index in [0.29, 0.717) is 13.0 Å². The van der Waals surface area contributed by atoms with Gasteiger partial charge in [-0.1, -0.05) is 54.6 Å². The molecule has 4 nitrogen and oxygen atoms in total. The number of amides is 1. The molecule has 27 heavy (non-hydrogen) atoms. The lowest BCUT2D eigenvalue weighted by Crippen LogP contribution is -2.22. The van der Waals surface area contributed by atoms with E-state index in [1.807, 2.05) is 35.9 Å². The minimum Gasteiger partial charge on any atom is -0.352 e. The van der Waals surface area contributed by atoms with Gasteiger partial charge < -0.3 is 5.32 Å². The summed E-state index contributed by atoms with van der Waals surface area (Å²) in [7, 11) is 0. The maximum absolute atomic E-state index is 12.1. The smallest absolute Gasteiger partial charge is 0.220 e. The molecule has 2 aromatic carbocycles. The summed E-state index contributed by atoms with van der Waals surface area (Å²) in [6.07, 6.45) is 2.36. The Labute approximate surface area is 161 Å². The maximum Gasteiger partial charge on any atom is 0.220 e. The molecule has 3 rings (SSSR count). The first-order valence-electron chi connectivity index (χ1n) is 9.49. The number of aryl methyl sites for hydroxylation is 3. The van der Waals surface area contributed by atoms with Gasteiger partial charge in [0.15, 0.2) is 0 Å². The molecule has 0 radical (unpaired) electrons. The van der Waals surface area contributed by atoms with Gasteiger partial charge in [-0.15, -0.1) is 0 Å². The molecular formula is C23H27N3O. The molecule has 0 aliphatic heterocycles. The highest BCUT2D eigenvalue weighted by molar-refractivity contribution is 5.75. The molecule has 3 aromatic rings. The Kier molecular flexibility index (Phi) is 6.42. The molecule has 0 bridgehead atoms. The molecular weight excluding hydrogens is 334 g/mol. The number of nitrogens with one attached hydrogen (secondary N) is 1. The zero-order chi connectivity index (χ0) is 19.1. The van der Waals surface area contributed by atoms with Crippen molar-refractivity contribution in [1.29, 1.82) is 0 Å². The van der Waals surface area contributed by atoms with E-state index in [1.54, 1.807) is 0 Å². The summed E-state index contributed by atoms with van der Waals surface area (Å²) in [6.45, 7) is 5.39. The average molecular weight is 361 g/mol. The second-order valence-electron chi connectivity index (χ2n) is 7.02. The first kappa shape index (κ1) is 18.9. The van der Waals surface area contributed by atoms with Crippen molar-refractivity contribution in [3.63, 3.8) is 0 Å². The van der Waals surface area contributed by atoms with Gasteiger partial charge in [-0.3, -0.25) is 9.48 Å². The van der Waals surface area contributed by atoms with Crippen molar-refractivity contribution < 1.29 is 4.79 Å². The highest BCUT2D eigenvalue weighted by Crippen LogP contribution is 2.10. The van der Waals surface area contributed by atoms with Crippen LogP contribution < -0.4 is 5.32 Å². The number of rotatable bonds is 8. The highest BCUT2D eigenvalue weighted by Gasteiger charge is 2.05. The maximum atomic E-state index is 12.1. The van der Waals surface area contributed by atoms with Crippen LogP contribution in [0.15, 0.2) is 60.7 Å². The van der Waals surface area contributed by atoms with Crippen LogP contribution >= 0.6 is 0 Å². The molecule has 1 N–H and O–H groups in total. The molecule has 0 saturated heterocycles. The summed E-state index contributed by atoms with van der Waals surface area (Å²) >= 11 is 0. The van der Waals surface area contributed by atoms with Crippen molar-refractivity contribution in [2.75, 3.05) is 0 Å². The number of nitrogens with zero attached hydrogens (tertiary/aromatic N) is 2. The normalized spacial score (nSPS) is 10.7. The second-order valence-corrected chi connectivity index (χ2v) is 7.02. The molecule has 0 aliphatic carbocycles. The monoisotopic (exact) mass is 361 g/mol. The minimum absolute atomic E-state index is 0.106. The van der Waals surface area contributed by atoms with E-state index in [2.05, 4.69) is 53.7 Å². The lowest BCUT2D eigenvalue weighted by Gasteiger charge is -2.09. The molecule has 1 heterocycles. The Morgan fingerprint density at radius 3 is 2.44 bits per heavy atom. The van der Waals surface area contributed by atoms with Crippen LogP contribution in [0.4, 0.5) is 0 Å². The van der Waals surface area contributed by atoms with Crippen molar-refractivity contribution in [1.82, 2.24) is 15.1 Å². The van der Waals surface area contributed by atoms with Crippen LogP contribution in [0.3, 0.4) is 0 Å². The molecule has 0 fully saturated rings. The summed E-state index contributed by atoms with van der Waals surface area (Å²) in [4.78, 5) is 12.1. The molecule has 0 atom stereocenters. The van der Waals surface area contributed by atoms with Crippen LogP contribution in [-0.4, -0.2) is 15.7 Å². The summed E-state index contributed by atoms with van der Waals surface area (Å²) < 4.78 is 2.01. The fourth-order valence-electron chi connectivity index (χ4n) is 3.23. The Hall–Kier alpha value is -2.88. The molecule has 0 aliphatic rings. The average Bonchev–Trinajstić information content (AvgIpc) is 2.98. The summed E-state index contributed by atoms with van der Waals surface area (Å²) in [5.41, 5.74) is 5.78. The molecule has 0 spiro atoms. The largest absolute Gasteiger partial charge is 0.352 e. The quantitative estimate of drug-likeness (QED) is 0.654. The van der Waals surface area contributed by atoms with Crippen molar-refractivity contribution in [3.05, 3.63) is 88.7 Å². The van der Waals surface area contributed by atoms with Gasteiger partial charge >= 0.3 is 0 Å². The van der Waals surface area contributed by atoms with Crippen LogP contribution in [0, 0.1) is 13.8 Å². The van der Waals surface area contributed by atoms with E-state index < -0.39 is 0 Å². The van der Waals surface area contributed by atoms with Crippen LogP contribution in [0.25, 0.3) is 0 Å². The van der Waals surface area contributed by atoms with E-state index in [4.69, 9.17) is 0 Å². The van der Waals surface area contributed by atoms with Crippen molar-refractivity contribution in [3.8, 4) is 0 Å². The van der Waals surface area contributed by atoms with Gasteiger partial charge in [0.25, 0.3) is 0 Å². The zero-order valence-electron chi connectivity index (χ0n) is 16.1. The fourth-order valence-corrected chi connectivity index (χ4v) is 3.23. The molecule has 0 unspecified atom stereocenters. The number of hydrogen-bond acceptors (Lipinski definition) is 2. The first-order valence-corrected chi connectivity index (χ1v) is 9.49. The number of hydrogen-bond donors (Lipinski definition) is 1. The van der Waals surface area contributed by atoms with Gasteiger partial charge in [0.05, 0.1) is 12.2 Å². The topological polar surface area (TPSA) is 46.9 Å². The third kappa shape index (κ3) is 5.81. The van der Waals surface area contributed by atoms with Crippen LogP contribution in [0.2, 0.25) is 0 Å². The van der Waals surface area contributed by atoms with Crippen molar-refractivity contribution >= 4 is 5.91 Å². The van der Waals surface area contributed by atoms with Crippen LogP contribution in [-0.2, 0) is 24.3 Å². The van der Waals surface area contributed by atoms with Gasteiger partial charge in [0, 0.05) is 18.7 Å². The number of aromatic nitrogens is 2. The zero-order valence-corrected chi connectivity index (χ0v) is 16.1. The lowest BCUT2D eigenvalue weighted by molar-refractivity contribution is -0.121. The van der Waals surface area contributed by atoms with E-state index in [0.717, 1.165) is 36.3 Å². The molecule has 4 heteroatoms. The van der Waals surface area contributed by atoms with Gasteiger partial charge in [-0.25, -0.2) is 0 Å². The molecule has 140 valence electrons. The Morgan fingerprint density at radius 1 is 0.963 bits per heavy atom. The summed E-state index contributed by atoms with van der Waals surface area (Å²) in [5.74, 6) is 0.106. The van der Waals surface area contributed by atoms with Crippen LogP contribution in [0.5, 0.6) is 0 Å². The van der Waals surface area contributed by atoms with E-state index >= 15 is 0 Å². The van der Waals surface area contributed by atoms with Gasteiger partial charge in [-0.2, -0.15) is 5.10 Å². The number of benzene rings is 2. The predicted molar refractivity (Wildman–Crippen MR) is 108 cm³/mol. The van der Waals surface area contributed by atoms with Crippen molar-refractivity contribution in [2.24, 2.45) is 0 Å². The van der Waals surface area contributed by atoms with Gasteiger partial charge in [0.2, 0.25) is 5.91 Å². The Morgan fingerprint density at radius 2 is 1.70 bits per heavy atom. The first-order chi connectivity index (χ1) is 13.1.